The van der Waals surface area contributed by atoms with Crippen molar-refractivity contribution < 1.29 is 4.79 Å². The van der Waals surface area contributed by atoms with Crippen LogP contribution in [-0.4, -0.2) is 17.4 Å². The van der Waals surface area contributed by atoms with Gasteiger partial charge in [0.15, 0.2) is 0 Å². The van der Waals surface area contributed by atoms with Crippen LogP contribution in [0.4, 0.5) is 0 Å². The Morgan fingerprint density at radius 3 is 2.76 bits per heavy atom. The van der Waals surface area contributed by atoms with E-state index in [1.54, 1.807) is 17.4 Å². The summed E-state index contributed by atoms with van der Waals surface area (Å²) >= 11 is 7.72. The van der Waals surface area contributed by atoms with E-state index in [1.165, 1.54) is 4.88 Å². The molecule has 0 atom stereocenters. The van der Waals surface area contributed by atoms with E-state index in [0.29, 0.717) is 17.3 Å². The molecule has 2 heterocycles. The molecule has 2 aromatic rings. The summed E-state index contributed by atoms with van der Waals surface area (Å²) in [5, 5.41) is 5.31. The molecule has 112 valence electrons. The molecule has 0 saturated carbocycles. The Kier molecular flexibility index (Phi) is 5.01. The molecule has 21 heavy (non-hydrogen) atoms. The maximum Gasteiger partial charge on any atom is 0.251 e. The largest absolute Gasteiger partial charge is 0.352 e. The van der Waals surface area contributed by atoms with Crippen LogP contribution >= 0.6 is 22.9 Å². The maximum atomic E-state index is 12.2. The van der Waals surface area contributed by atoms with Gasteiger partial charge in [-0.3, -0.25) is 4.79 Å². The number of aromatic nitrogens is 1. The molecule has 5 heteroatoms. The molecule has 2 aromatic heterocycles. The van der Waals surface area contributed by atoms with E-state index >= 15 is 0 Å². The van der Waals surface area contributed by atoms with Gasteiger partial charge in [0.1, 0.15) is 5.15 Å². The summed E-state index contributed by atoms with van der Waals surface area (Å²) in [6, 6.07) is 7.50. The number of nitrogens with one attached hydrogen (secondary N) is 1. The van der Waals surface area contributed by atoms with Crippen LogP contribution in [0.2, 0.25) is 5.15 Å². The van der Waals surface area contributed by atoms with Crippen molar-refractivity contribution in [1.29, 1.82) is 0 Å². The average Bonchev–Trinajstić information content (AvgIpc) is 2.90. The first-order valence-corrected chi connectivity index (χ1v) is 8.10. The van der Waals surface area contributed by atoms with Gasteiger partial charge in [0.05, 0.1) is 0 Å². The van der Waals surface area contributed by atoms with Crippen molar-refractivity contribution in [3.8, 4) is 0 Å². The van der Waals surface area contributed by atoms with Crippen LogP contribution in [0.3, 0.4) is 0 Å². The first-order chi connectivity index (χ1) is 9.86. The first kappa shape index (κ1) is 16.0. The molecule has 0 bridgehead atoms. The zero-order chi connectivity index (χ0) is 15.5. The number of thiophene rings is 1. The molecule has 1 amide bonds. The van der Waals surface area contributed by atoms with Gasteiger partial charge in [-0.25, -0.2) is 4.98 Å². The molecule has 3 nitrogen and oxygen atoms in total. The maximum absolute atomic E-state index is 12.2. The lowest BCUT2D eigenvalue weighted by molar-refractivity contribution is 0.0954. The van der Waals surface area contributed by atoms with Crippen molar-refractivity contribution in [3.05, 3.63) is 50.9 Å². The second kappa shape index (κ2) is 6.58. The third kappa shape index (κ3) is 4.55. The molecule has 0 aliphatic carbocycles. The monoisotopic (exact) mass is 322 g/mol. The van der Waals surface area contributed by atoms with Gasteiger partial charge in [-0.2, -0.15) is 0 Å². The summed E-state index contributed by atoms with van der Waals surface area (Å²) in [5.41, 5.74) is 1.24. The lowest BCUT2D eigenvalue weighted by atomic mass is 9.91. The molecule has 0 aromatic carbocycles. The van der Waals surface area contributed by atoms with Crippen molar-refractivity contribution in [2.24, 2.45) is 0 Å². The quantitative estimate of drug-likeness (QED) is 0.862. The number of halogens is 1. The Bertz CT molecular complexity index is 618. The van der Waals surface area contributed by atoms with Crippen molar-refractivity contribution in [2.75, 3.05) is 6.54 Å². The number of carbonyl (C=O) groups is 1. The van der Waals surface area contributed by atoms with E-state index < -0.39 is 0 Å². The van der Waals surface area contributed by atoms with Crippen molar-refractivity contribution in [3.63, 3.8) is 0 Å². The number of pyridine rings is 1. The van der Waals surface area contributed by atoms with E-state index in [2.05, 4.69) is 16.4 Å². The minimum atomic E-state index is -0.142. The molecular formula is C16H19ClN2OS. The van der Waals surface area contributed by atoms with Crippen molar-refractivity contribution in [2.45, 2.75) is 32.6 Å². The van der Waals surface area contributed by atoms with E-state index in [-0.39, 0.29) is 11.3 Å². The van der Waals surface area contributed by atoms with E-state index in [9.17, 15) is 4.79 Å². The Hall–Kier alpha value is -1.39. The van der Waals surface area contributed by atoms with Gasteiger partial charge in [-0.05, 0) is 30.0 Å². The second-order valence-electron chi connectivity index (χ2n) is 5.90. The van der Waals surface area contributed by atoms with Gasteiger partial charge < -0.3 is 5.32 Å². The van der Waals surface area contributed by atoms with Gasteiger partial charge >= 0.3 is 0 Å². The number of nitrogens with zero attached hydrogens (tertiary/aromatic N) is 1. The first-order valence-electron chi connectivity index (χ1n) is 6.85. The predicted molar refractivity (Wildman–Crippen MR) is 88.3 cm³/mol. The summed E-state index contributed by atoms with van der Waals surface area (Å²) < 4.78 is 0. The van der Waals surface area contributed by atoms with Crippen LogP contribution in [0.25, 0.3) is 0 Å². The molecule has 0 aliphatic heterocycles. The zero-order valence-electron chi connectivity index (χ0n) is 12.4. The summed E-state index contributed by atoms with van der Waals surface area (Å²) in [6.45, 7) is 6.75. The fraction of sp³-hybridized carbons (Fsp3) is 0.375. The predicted octanol–water partition coefficient (Wildman–Crippen LogP) is 4.07. The zero-order valence-corrected chi connectivity index (χ0v) is 14.0. The topological polar surface area (TPSA) is 42.0 Å². The van der Waals surface area contributed by atoms with Crippen LogP contribution in [0.15, 0.2) is 29.6 Å². The number of hydrogen-bond donors (Lipinski definition) is 1. The van der Waals surface area contributed by atoms with E-state index in [1.807, 2.05) is 38.3 Å². The van der Waals surface area contributed by atoms with Gasteiger partial charge in [0.25, 0.3) is 5.91 Å². The van der Waals surface area contributed by atoms with E-state index in [4.69, 9.17) is 11.6 Å². The molecule has 0 unspecified atom stereocenters. The third-order valence-electron chi connectivity index (χ3n) is 3.06. The summed E-state index contributed by atoms with van der Waals surface area (Å²) in [5.74, 6) is -0.110. The lowest BCUT2D eigenvalue weighted by Gasteiger charge is -2.18. The number of rotatable bonds is 4. The highest BCUT2D eigenvalue weighted by atomic mass is 35.5. The minimum Gasteiger partial charge on any atom is -0.352 e. The highest BCUT2D eigenvalue weighted by molar-refractivity contribution is 7.09. The molecule has 0 fully saturated rings. The molecular weight excluding hydrogens is 304 g/mol. The Balaban J connectivity index is 2.03. The van der Waals surface area contributed by atoms with Crippen molar-refractivity contribution >= 4 is 28.8 Å². The number of hydrogen-bond acceptors (Lipinski definition) is 3. The summed E-state index contributed by atoms with van der Waals surface area (Å²) in [4.78, 5) is 17.8. The molecule has 2 rings (SSSR count). The van der Waals surface area contributed by atoms with Crippen molar-refractivity contribution in [1.82, 2.24) is 10.3 Å². The Labute approximate surface area is 134 Å². The Morgan fingerprint density at radius 1 is 1.38 bits per heavy atom. The van der Waals surface area contributed by atoms with Gasteiger partial charge in [0.2, 0.25) is 0 Å². The average molecular weight is 323 g/mol. The smallest absolute Gasteiger partial charge is 0.251 e. The lowest BCUT2D eigenvalue weighted by Crippen LogP contribution is -2.26. The Morgan fingerprint density at radius 2 is 2.14 bits per heavy atom. The SMILES string of the molecule is CC(C)(C)c1cc(C(=O)NCCc2cccs2)cc(Cl)n1. The van der Waals surface area contributed by atoms with Crippen LogP contribution in [-0.2, 0) is 11.8 Å². The van der Waals surface area contributed by atoms with Gasteiger partial charge in [-0.1, -0.05) is 38.4 Å². The van der Waals surface area contributed by atoms with Crippen LogP contribution < -0.4 is 5.32 Å². The van der Waals surface area contributed by atoms with Gasteiger partial charge in [0, 0.05) is 28.1 Å². The highest BCUT2D eigenvalue weighted by Gasteiger charge is 2.18. The molecule has 0 aliphatic rings. The number of carbonyl (C=O) groups excluding carboxylic acids is 1. The summed E-state index contributed by atoms with van der Waals surface area (Å²) in [7, 11) is 0. The molecule has 0 spiro atoms. The molecule has 1 N–H and O–H groups in total. The standard InChI is InChI=1S/C16H19ClN2OS/c1-16(2,3)13-9-11(10-14(17)19-13)15(20)18-7-6-12-5-4-8-21-12/h4-5,8-10H,6-7H2,1-3H3,(H,18,20). The van der Waals surface area contributed by atoms with Crippen LogP contribution in [0, 0.1) is 0 Å². The normalized spacial score (nSPS) is 11.4. The second-order valence-corrected chi connectivity index (χ2v) is 7.32. The van der Waals surface area contributed by atoms with Crippen LogP contribution in [0.1, 0.15) is 41.7 Å². The third-order valence-corrected chi connectivity index (χ3v) is 4.19. The minimum absolute atomic E-state index is 0.110. The summed E-state index contributed by atoms with van der Waals surface area (Å²) in [6.07, 6.45) is 0.842. The van der Waals surface area contributed by atoms with Gasteiger partial charge in [-0.15, -0.1) is 11.3 Å². The highest BCUT2D eigenvalue weighted by Crippen LogP contribution is 2.23. The van der Waals surface area contributed by atoms with E-state index in [0.717, 1.165) is 12.1 Å². The fourth-order valence-corrected chi connectivity index (χ4v) is 2.79. The number of amides is 1. The molecule has 0 radical (unpaired) electrons. The van der Waals surface area contributed by atoms with Crippen LogP contribution in [0.5, 0.6) is 0 Å². The molecule has 0 saturated heterocycles. The fourth-order valence-electron chi connectivity index (χ4n) is 1.87.